The van der Waals surface area contributed by atoms with Crippen molar-refractivity contribution in [3.8, 4) is 0 Å². The number of amides is 1. The van der Waals surface area contributed by atoms with E-state index in [0.717, 1.165) is 32.4 Å². The van der Waals surface area contributed by atoms with Crippen LogP contribution in [-0.4, -0.2) is 36.0 Å². The summed E-state index contributed by atoms with van der Waals surface area (Å²) in [6.45, 7) is 1.78. The van der Waals surface area contributed by atoms with Gasteiger partial charge >= 0.3 is 0 Å². The topological polar surface area (TPSA) is 32.3 Å². The summed E-state index contributed by atoms with van der Waals surface area (Å²) in [4.78, 5) is 14.6. The molecule has 1 amide bonds. The molecule has 102 valence electrons. The van der Waals surface area contributed by atoms with E-state index in [4.69, 9.17) is 11.6 Å². The summed E-state index contributed by atoms with van der Waals surface area (Å²) in [5.74, 6) is -0.483. The maximum absolute atomic E-state index is 13.1. The van der Waals surface area contributed by atoms with Crippen LogP contribution in [0.4, 0.5) is 4.39 Å². The van der Waals surface area contributed by atoms with E-state index in [2.05, 4.69) is 5.32 Å². The Morgan fingerprint density at radius 1 is 1.32 bits per heavy atom. The van der Waals surface area contributed by atoms with Crippen LogP contribution < -0.4 is 5.32 Å². The lowest BCUT2D eigenvalue weighted by Gasteiger charge is -2.28. The molecule has 2 aliphatic rings. The van der Waals surface area contributed by atoms with Gasteiger partial charge in [0.2, 0.25) is 0 Å². The number of benzene rings is 1. The van der Waals surface area contributed by atoms with Gasteiger partial charge in [0.1, 0.15) is 5.82 Å². The van der Waals surface area contributed by atoms with Crippen molar-refractivity contribution in [2.45, 2.75) is 31.3 Å². The normalized spacial score (nSPS) is 26.3. The molecule has 19 heavy (non-hydrogen) atoms. The van der Waals surface area contributed by atoms with E-state index in [0.29, 0.717) is 5.56 Å². The van der Waals surface area contributed by atoms with Crippen molar-refractivity contribution in [3.05, 3.63) is 34.6 Å². The zero-order chi connectivity index (χ0) is 13.4. The average Bonchev–Trinajstić information content (AvgIpc) is 2.62. The van der Waals surface area contributed by atoms with Crippen LogP contribution in [-0.2, 0) is 0 Å². The summed E-state index contributed by atoms with van der Waals surface area (Å²) in [6.07, 6.45) is 3.06. The number of fused-ring (bicyclic) bond motifs is 2. The van der Waals surface area contributed by atoms with Crippen LogP contribution in [0.15, 0.2) is 18.2 Å². The van der Waals surface area contributed by atoms with Crippen LogP contribution in [0.3, 0.4) is 0 Å². The molecule has 2 fully saturated rings. The molecule has 2 bridgehead atoms. The molecule has 0 aromatic heterocycles. The highest BCUT2D eigenvalue weighted by Crippen LogP contribution is 2.31. The van der Waals surface area contributed by atoms with Gasteiger partial charge < -0.3 is 10.2 Å². The molecule has 0 radical (unpaired) electrons. The van der Waals surface area contributed by atoms with Gasteiger partial charge in [0.05, 0.1) is 10.6 Å². The Labute approximate surface area is 116 Å². The first-order chi connectivity index (χ1) is 9.16. The summed E-state index contributed by atoms with van der Waals surface area (Å²) in [6, 6.07) is 4.50. The van der Waals surface area contributed by atoms with Crippen LogP contribution in [0.2, 0.25) is 5.02 Å². The monoisotopic (exact) mass is 282 g/mol. The Hall–Kier alpha value is -1.13. The van der Waals surface area contributed by atoms with Gasteiger partial charge in [-0.25, -0.2) is 4.39 Å². The molecule has 2 saturated heterocycles. The van der Waals surface area contributed by atoms with Gasteiger partial charge in [0.25, 0.3) is 5.91 Å². The van der Waals surface area contributed by atoms with E-state index in [9.17, 15) is 9.18 Å². The zero-order valence-corrected chi connectivity index (χ0v) is 11.3. The summed E-state index contributed by atoms with van der Waals surface area (Å²) >= 11 is 6.00. The number of halogens is 2. The fraction of sp³-hybridized carbons (Fsp3) is 0.500. The van der Waals surface area contributed by atoms with Gasteiger partial charge in [-0.3, -0.25) is 4.79 Å². The maximum Gasteiger partial charge on any atom is 0.255 e. The highest BCUT2D eigenvalue weighted by molar-refractivity contribution is 6.33. The number of rotatable bonds is 1. The largest absolute Gasteiger partial charge is 0.331 e. The van der Waals surface area contributed by atoms with Crippen molar-refractivity contribution in [1.29, 1.82) is 0 Å². The number of carbonyl (C=O) groups is 1. The van der Waals surface area contributed by atoms with E-state index < -0.39 is 5.82 Å². The Morgan fingerprint density at radius 2 is 2.11 bits per heavy atom. The van der Waals surface area contributed by atoms with Crippen LogP contribution in [0.5, 0.6) is 0 Å². The molecule has 1 aromatic carbocycles. The first kappa shape index (κ1) is 12.9. The third-order valence-corrected chi connectivity index (χ3v) is 4.36. The molecule has 1 N–H and O–H groups in total. The lowest BCUT2D eigenvalue weighted by Crippen LogP contribution is -2.42. The molecule has 0 aliphatic carbocycles. The second-order valence-corrected chi connectivity index (χ2v) is 5.62. The predicted octanol–water partition coefficient (Wildman–Crippen LogP) is 2.45. The van der Waals surface area contributed by atoms with Crippen molar-refractivity contribution >= 4 is 17.5 Å². The molecule has 2 aliphatic heterocycles. The van der Waals surface area contributed by atoms with E-state index in [-0.39, 0.29) is 23.0 Å². The predicted molar refractivity (Wildman–Crippen MR) is 71.9 cm³/mol. The second kappa shape index (κ2) is 5.10. The fourth-order valence-corrected chi connectivity index (χ4v) is 3.36. The lowest BCUT2D eigenvalue weighted by atomic mass is 10.1. The zero-order valence-electron chi connectivity index (χ0n) is 10.5. The average molecular weight is 283 g/mol. The molecule has 2 heterocycles. The Bertz CT molecular complexity index is 494. The molecule has 1 aromatic rings. The number of hydrogen-bond acceptors (Lipinski definition) is 2. The first-order valence-corrected chi connectivity index (χ1v) is 7.03. The highest BCUT2D eigenvalue weighted by Gasteiger charge is 2.38. The van der Waals surface area contributed by atoms with Crippen LogP contribution in [0, 0.1) is 5.82 Å². The minimum atomic E-state index is -0.415. The third-order valence-electron chi connectivity index (χ3n) is 4.05. The minimum absolute atomic E-state index is 0.0683. The minimum Gasteiger partial charge on any atom is -0.331 e. The van der Waals surface area contributed by atoms with Crippen LogP contribution in [0.1, 0.15) is 29.6 Å². The maximum atomic E-state index is 13.1. The molecule has 0 spiro atoms. The van der Waals surface area contributed by atoms with E-state index in [1.165, 1.54) is 18.2 Å². The summed E-state index contributed by atoms with van der Waals surface area (Å²) < 4.78 is 13.1. The van der Waals surface area contributed by atoms with Crippen molar-refractivity contribution in [2.75, 3.05) is 13.1 Å². The summed E-state index contributed by atoms with van der Waals surface area (Å²) in [7, 11) is 0. The van der Waals surface area contributed by atoms with E-state index in [1.807, 2.05) is 4.90 Å². The molecular weight excluding hydrogens is 267 g/mol. The van der Waals surface area contributed by atoms with Gasteiger partial charge in [-0.05, 0) is 44.0 Å². The summed E-state index contributed by atoms with van der Waals surface area (Å²) in [5, 5.41) is 3.55. The number of carbonyl (C=O) groups excluding carboxylic acids is 1. The molecule has 5 heteroatoms. The van der Waals surface area contributed by atoms with Crippen molar-refractivity contribution in [2.24, 2.45) is 0 Å². The third kappa shape index (κ3) is 2.35. The number of nitrogens with one attached hydrogen (secondary N) is 1. The van der Waals surface area contributed by atoms with Crippen LogP contribution in [0.25, 0.3) is 0 Å². The Balaban J connectivity index is 1.90. The van der Waals surface area contributed by atoms with Gasteiger partial charge in [-0.15, -0.1) is 0 Å². The first-order valence-electron chi connectivity index (χ1n) is 6.65. The quantitative estimate of drug-likeness (QED) is 0.858. The van der Waals surface area contributed by atoms with Crippen LogP contribution >= 0.6 is 11.6 Å². The van der Waals surface area contributed by atoms with E-state index >= 15 is 0 Å². The SMILES string of the molecule is O=C(c1ccc(F)cc1Cl)N1C2CCNCC1CC2. The molecule has 3 rings (SSSR count). The number of nitrogens with zero attached hydrogens (tertiary/aromatic N) is 1. The molecular formula is C14H16ClFN2O. The smallest absolute Gasteiger partial charge is 0.255 e. The standard InChI is InChI=1S/C14H16ClFN2O/c15-13-7-9(16)1-4-12(13)14(19)18-10-2-3-11(18)8-17-6-5-10/h1,4,7,10-11,17H,2-3,5-6,8H2. The van der Waals surface area contributed by atoms with Gasteiger partial charge in [0.15, 0.2) is 0 Å². The molecule has 0 saturated carbocycles. The Kier molecular flexibility index (Phi) is 3.46. The Morgan fingerprint density at radius 3 is 2.89 bits per heavy atom. The number of hydrogen-bond donors (Lipinski definition) is 1. The second-order valence-electron chi connectivity index (χ2n) is 5.21. The molecule has 2 atom stereocenters. The van der Waals surface area contributed by atoms with Gasteiger partial charge in [0, 0.05) is 18.6 Å². The molecule has 2 unspecified atom stereocenters. The molecule has 3 nitrogen and oxygen atoms in total. The van der Waals surface area contributed by atoms with Crippen molar-refractivity contribution in [3.63, 3.8) is 0 Å². The highest BCUT2D eigenvalue weighted by atomic mass is 35.5. The van der Waals surface area contributed by atoms with Crippen molar-refractivity contribution in [1.82, 2.24) is 10.2 Å². The van der Waals surface area contributed by atoms with Crippen molar-refractivity contribution < 1.29 is 9.18 Å². The summed E-state index contributed by atoms with van der Waals surface area (Å²) in [5.41, 5.74) is 0.405. The van der Waals surface area contributed by atoms with Gasteiger partial charge in [-0.1, -0.05) is 11.6 Å². The lowest BCUT2D eigenvalue weighted by molar-refractivity contribution is 0.0680. The van der Waals surface area contributed by atoms with E-state index in [1.54, 1.807) is 0 Å². The van der Waals surface area contributed by atoms with Gasteiger partial charge in [-0.2, -0.15) is 0 Å². The fourth-order valence-electron chi connectivity index (χ4n) is 3.12.